The summed E-state index contributed by atoms with van der Waals surface area (Å²) in [5.74, 6) is 5.41. The second kappa shape index (κ2) is 5.95. The molecule has 3 rings (SSSR count). The number of hydrogen-bond acceptors (Lipinski definition) is 4. The van der Waals surface area contributed by atoms with E-state index in [1.54, 1.807) is 24.5 Å². The van der Waals surface area contributed by atoms with Gasteiger partial charge < -0.3 is 0 Å². The van der Waals surface area contributed by atoms with Crippen LogP contribution >= 0.6 is 0 Å². The predicted octanol–water partition coefficient (Wildman–Crippen LogP) is 2.52. The fourth-order valence-corrected chi connectivity index (χ4v) is 2.35. The van der Waals surface area contributed by atoms with E-state index in [0.29, 0.717) is 12.0 Å². The van der Waals surface area contributed by atoms with Crippen molar-refractivity contribution in [3.63, 3.8) is 0 Å². The Kier molecular flexibility index (Phi) is 3.85. The second-order valence-corrected chi connectivity index (χ2v) is 4.82. The highest BCUT2D eigenvalue weighted by atomic mass is 19.1. The van der Waals surface area contributed by atoms with Crippen LogP contribution in [0.15, 0.2) is 54.9 Å². The normalized spacial score (nSPS) is 12.5. The lowest BCUT2D eigenvalue weighted by atomic mass is 9.98. The van der Waals surface area contributed by atoms with Crippen LogP contribution in [-0.2, 0) is 6.42 Å². The molecule has 0 radical (unpaired) electrons. The number of benzene rings is 2. The summed E-state index contributed by atoms with van der Waals surface area (Å²) >= 11 is 0. The number of hydrazine groups is 1. The molecule has 0 fully saturated rings. The van der Waals surface area contributed by atoms with Crippen LogP contribution in [0.1, 0.15) is 17.2 Å². The van der Waals surface area contributed by atoms with Gasteiger partial charge in [0.15, 0.2) is 0 Å². The standard InChI is InChI=1S/C16H15FN4/c17-13-4-2-1-3-11(13)9-15(21-18)12-5-6-14-16(10-12)20-8-7-19-14/h1-8,10,15,21H,9,18H2. The van der Waals surface area contributed by atoms with Gasteiger partial charge in [0.2, 0.25) is 0 Å². The Morgan fingerprint density at radius 1 is 1.05 bits per heavy atom. The van der Waals surface area contributed by atoms with Crippen LogP contribution in [0.5, 0.6) is 0 Å². The number of nitrogens with zero attached hydrogens (tertiary/aromatic N) is 2. The number of halogens is 1. The Bertz CT molecular complexity index is 760. The van der Waals surface area contributed by atoms with Crippen LogP contribution in [0, 0.1) is 5.82 Å². The maximum absolute atomic E-state index is 13.8. The predicted molar refractivity (Wildman–Crippen MR) is 79.7 cm³/mol. The topological polar surface area (TPSA) is 63.8 Å². The third-order valence-electron chi connectivity index (χ3n) is 3.48. The quantitative estimate of drug-likeness (QED) is 0.570. The molecule has 0 aliphatic heterocycles. The van der Waals surface area contributed by atoms with Crippen molar-refractivity contribution in [3.05, 3.63) is 71.8 Å². The van der Waals surface area contributed by atoms with E-state index in [1.165, 1.54) is 6.07 Å². The van der Waals surface area contributed by atoms with Crippen molar-refractivity contribution in [2.45, 2.75) is 12.5 Å². The summed E-state index contributed by atoms with van der Waals surface area (Å²) in [5, 5.41) is 0. The van der Waals surface area contributed by atoms with Gasteiger partial charge in [-0.3, -0.25) is 21.2 Å². The maximum atomic E-state index is 13.8. The Morgan fingerprint density at radius 2 is 1.81 bits per heavy atom. The van der Waals surface area contributed by atoms with Crippen molar-refractivity contribution in [1.82, 2.24) is 15.4 Å². The van der Waals surface area contributed by atoms with Gasteiger partial charge in [-0.15, -0.1) is 0 Å². The minimum atomic E-state index is -0.224. The van der Waals surface area contributed by atoms with Crippen molar-refractivity contribution < 1.29 is 4.39 Å². The maximum Gasteiger partial charge on any atom is 0.126 e. The molecule has 1 unspecified atom stereocenters. The van der Waals surface area contributed by atoms with Gasteiger partial charge in [0.1, 0.15) is 5.82 Å². The van der Waals surface area contributed by atoms with Crippen LogP contribution in [0.3, 0.4) is 0 Å². The third-order valence-corrected chi connectivity index (χ3v) is 3.48. The SMILES string of the molecule is NNC(Cc1ccccc1F)c1ccc2nccnc2c1. The van der Waals surface area contributed by atoms with Gasteiger partial charge in [-0.25, -0.2) is 4.39 Å². The first-order valence-corrected chi connectivity index (χ1v) is 6.68. The number of nitrogens with one attached hydrogen (secondary N) is 1. The molecule has 21 heavy (non-hydrogen) atoms. The summed E-state index contributed by atoms with van der Waals surface area (Å²) < 4.78 is 13.8. The van der Waals surface area contributed by atoms with Crippen molar-refractivity contribution in [3.8, 4) is 0 Å². The van der Waals surface area contributed by atoms with Gasteiger partial charge in [0, 0.05) is 12.4 Å². The fraction of sp³-hybridized carbons (Fsp3) is 0.125. The fourth-order valence-electron chi connectivity index (χ4n) is 2.35. The molecule has 0 saturated heterocycles. The van der Waals surface area contributed by atoms with Gasteiger partial charge in [0.05, 0.1) is 17.1 Å². The van der Waals surface area contributed by atoms with E-state index in [-0.39, 0.29) is 11.9 Å². The van der Waals surface area contributed by atoms with E-state index in [1.807, 2.05) is 24.3 Å². The average molecular weight is 282 g/mol. The second-order valence-electron chi connectivity index (χ2n) is 4.82. The van der Waals surface area contributed by atoms with Crippen molar-refractivity contribution in [2.24, 2.45) is 5.84 Å². The van der Waals surface area contributed by atoms with E-state index in [2.05, 4.69) is 15.4 Å². The minimum Gasteiger partial charge on any atom is -0.271 e. The Morgan fingerprint density at radius 3 is 2.57 bits per heavy atom. The number of aromatic nitrogens is 2. The van der Waals surface area contributed by atoms with Crippen molar-refractivity contribution in [1.29, 1.82) is 0 Å². The van der Waals surface area contributed by atoms with E-state index < -0.39 is 0 Å². The molecule has 0 spiro atoms. The summed E-state index contributed by atoms with van der Waals surface area (Å²) in [7, 11) is 0. The molecular formula is C16H15FN4. The Labute approximate surface area is 121 Å². The molecule has 0 saturated carbocycles. The van der Waals surface area contributed by atoms with Crippen molar-refractivity contribution >= 4 is 11.0 Å². The first-order chi connectivity index (χ1) is 10.3. The number of nitrogens with two attached hydrogens (primary N) is 1. The zero-order valence-electron chi connectivity index (χ0n) is 11.3. The molecule has 3 aromatic rings. The first kappa shape index (κ1) is 13.6. The number of hydrogen-bond donors (Lipinski definition) is 2. The van der Waals surface area contributed by atoms with Crippen molar-refractivity contribution in [2.75, 3.05) is 0 Å². The van der Waals surface area contributed by atoms with Crippen LogP contribution in [0.2, 0.25) is 0 Å². The minimum absolute atomic E-state index is 0.187. The lowest BCUT2D eigenvalue weighted by Gasteiger charge is -2.17. The number of rotatable bonds is 4. The summed E-state index contributed by atoms with van der Waals surface area (Å²) in [6.07, 6.45) is 3.77. The van der Waals surface area contributed by atoms with Gasteiger partial charge in [-0.2, -0.15) is 0 Å². The molecule has 0 aliphatic rings. The van der Waals surface area contributed by atoms with Gasteiger partial charge in [-0.05, 0) is 35.7 Å². The molecule has 106 valence electrons. The molecule has 0 bridgehead atoms. The highest BCUT2D eigenvalue weighted by Crippen LogP contribution is 2.22. The molecule has 5 heteroatoms. The summed E-state index contributed by atoms with van der Waals surface area (Å²) in [6.45, 7) is 0. The van der Waals surface area contributed by atoms with Crippen LogP contribution < -0.4 is 11.3 Å². The summed E-state index contributed by atoms with van der Waals surface area (Å²) in [5.41, 5.74) is 5.94. The molecule has 4 nitrogen and oxygen atoms in total. The van der Waals surface area contributed by atoms with E-state index in [9.17, 15) is 4.39 Å². The zero-order chi connectivity index (χ0) is 14.7. The molecular weight excluding hydrogens is 267 g/mol. The number of fused-ring (bicyclic) bond motifs is 1. The lowest BCUT2D eigenvalue weighted by molar-refractivity contribution is 0.529. The summed E-state index contributed by atoms with van der Waals surface area (Å²) in [6, 6.07) is 12.3. The monoisotopic (exact) mass is 282 g/mol. The zero-order valence-corrected chi connectivity index (χ0v) is 11.3. The Hall–Kier alpha value is -2.37. The van der Waals surface area contributed by atoms with Crippen LogP contribution in [0.4, 0.5) is 4.39 Å². The Balaban J connectivity index is 1.93. The summed E-state index contributed by atoms with van der Waals surface area (Å²) in [4.78, 5) is 8.51. The molecule has 3 N–H and O–H groups in total. The van der Waals surface area contributed by atoms with E-state index in [0.717, 1.165) is 16.6 Å². The van der Waals surface area contributed by atoms with Crippen LogP contribution in [0.25, 0.3) is 11.0 Å². The molecule has 1 atom stereocenters. The smallest absolute Gasteiger partial charge is 0.126 e. The van der Waals surface area contributed by atoms with E-state index >= 15 is 0 Å². The third kappa shape index (κ3) is 2.89. The largest absolute Gasteiger partial charge is 0.271 e. The van der Waals surface area contributed by atoms with E-state index in [4.69, 9.17) is 5.84 Å². The first-order valence-electron chi connectivity index (χ1n) is 6.68. The molecule has 1 heterocycles. The molecule has 0 aliphatic carbocycles. The van der Waals surface area contributed by atoms with Gasteiger partial charge in [-0.1, -0.05) is 24.3 Å². The average Bonchev–Trinajstić information content (AvgIpc) is 2.54. The van der Waals surface area contributed by atoms with Gasteiger partial charge >= 0.3 is 0 Å². The molecule has 0 amide bonds. The highest BCUT2D eigenvalue weighted by Gasteiger charge is 2.13. The molecule has 2 aromatic carbocycles. The van der Waals surface area contributed by atoms with Gasteiger partial charge in [0.25, 0.3) is 0 Å². The lowest BCUT2D eigenvalue weighted by Crippen LogP contribution is -2.29. The highest BCUT2D eigenvalue weighted by molar-refractivity contribution is 5.74. The van der Waals surface area contributed by atoms with Crippen LogP contribution in [-0.4, -0.2) is 9.97 Å². The molecule has 1 aromatic heterocycles.